The molecule has 23 heavy (non-hydrogen) atoms. The summed E-state index contributed by atoms with van der Waals surface area (Å²) in [6.07, 6.45) is 0.912. The van der Waals surface area contributed by atoms with Crippen molar-refractivity contribution < 1.29 is 0 Å². The van der Waals surface area contributed by atoms with Gasteiger partial charge in [0, 0.05) is 6.54 Å². The smallest absolute Gasteiger partial charge is 0.193 e. The third kappa shape index (κ3) is 2.85. The zero-order chi connectivity index (χ0) is 16.6. The van der Waals surface area contributed by atoms with E-state index in [1.165, 1.54) is 5.56 Å². The molecule has 0 bridgehead atoms. The van der Waals surface area contributed by atoms with Crippen LogP contribution in [0.2, 0.25) is 0 Å². The lowest BCUT2D eigenvalue weighted by molar-refractivity contribution is 0.0508. The molecule has 2 atom stereocenters. The maximum absolute atomic E-state index is 6.23. The highest BCUT2D eigenvalue weighted by molar-refractivity contribution is 5.84. The standard InChI is InChI=1S/C17H26N6/c1-12-11-22(16(19)21-12)17(2,3)23-14(10-20-15(23)18)9-13-7-5-4-6-8-13/h4-8,12,14H,9-11H2,1-3H3,(H2,18,20)(H2,19,21). The molecule has 0 aromatic heterocycles. The number of rotatable bonds is 4. The van der Waals surface area contributed by atoms with Gasteiger partial charge in [-0.25, -0.2) is 4.99 Å². The number of hydrogen-bond donors (Lipinski definition) is 2. The van der Waals surface area contributed by atoms with Crippen LogP contribution in [0.5, 0.6) is 0 Å². The first-order valence-electron chi connectivity index (χ1n) is 8.13. The Balaban J connectivity index is 1.83. The third-order valence-corrected chi connectivity index (χ3v) is 4.72. The molecule has 6 nitrogen and oxygen atoms in total. The van der Waals surface area contributed by atoms with E-state index in [4.69, 9.17) is 11.5 Å². The summed E-state index contributed by atoms with van der Waals surface area (Å²) >= 11 is 0. The van der Waals surface area contributed by atoms with E-state index >= 15 is 0 Å². The number of nitrogens with zero attached hydrogens (tertiary/aromatic N) is 4. The van der Waals surface area contributed by atoms with Crippen LogP contribution in [0.1, 0.15) is 26.3 Å². The molecule has 124 valence electrons. The number of aliphatic imine (C=N–C) groups is 2. The van der Waals surface area contributed by atoms with E-state index in [2.05, 4.69) is 64.8 Å². The van der Waals surface area contributed by atoms with Crippen molar-refractivity contribution in [2.75, 3.05) is 13.1 Å². The number of benzene rings is 1. The van der Waals surface area contributed by atoms with Gasteiger partial charge in [-0.05, 0) is 32.8 Å². The first kappa shape index (κ1) is 15.6. The molecule has 0 fully saturated rings. The largest absolute Gasteiger partial charge is 0.370 e. The second kappa shape index (κ2) is 5.76. The monoisotopic (exact) mass is 314 g/mol. The maximum atomic E-state index is 6.23. The second-order valence-corrected chi connectivity index (χ2v) is 6.85. The predicted octanol–water partition coefficient (Wildman–Crippen LogP) is 0.983. The zero-order valence-electron chi connectivity index (χ0n) is 14.1. The minimum atomic E-state index is -0.359. The highest BCUT2D eigenvalue weighted by Gasteiger charge is 2.44. The number of guanidine groups is 2. The van der Waals surface area contributed by atoms with E-state index in [1.807, 2.05) is 6.07 Å². The molecule has 1 aromatic carbocycles. The number of nitrogens with two attached hydrogens (primary N) is 2. The Labute approximate surface area is 137 Å². The molecule has 2 heterocycles. The Hall–Kier alpha value is -2.24. The third-order valence-electron chi connectivity index (χ3n) is 4.72. The van der Waals surface area contributed by atoms with Gasteiger partial charge in [0.15, 0.2) is 11.9 Å². The van der Waals surface area contributed by atoms with E-state index in [0.29, 0.717) is 18.5 Å². The van der Waals surface area contributed by atoms with Gasteiger partial charge in [-0.15, -0.1) is 0 Å². The van der Waals surface area contributed by atoms with Gasteiger partial charge in [-0.2, -0.15) is 0 Å². The molecule has 2 unspecified atom stereocenters. The van der Waals surface area contributed by atoms with Crippen LogP contribution >= 0.6 is 0 Å². The van der Waals surface area contributed by atoms with Crippen molar-refractivity contribution in [2.45, 2.75) is 44.9 Å². The molecule has 0 saturated heterocycles. The summed E-state index contributed by atoms with van der Waals surface area (Å²) in [6, 6.07) is 10.9. The van der Waals surface area contributed by atoms with Crippen LogP contribution in [0, 0.1) is 0 Å². The lowest BCUT2D eigenvalue weighted by Gasteiger charge is -2.47. The molecule has 3 rings (SSSR count). The molecule has 2 aliphatic heterocycles. The molecule has 4 N–H and O–H groups in total. The van der Waals surface area contributed by atoms with Gasteiger partial charge in [0.05, 0.1) is 18.6 Å². The van der Waals surface area contributed by atoms with Gasteiger partial charge >= 0.3 is 0 Å². The average Bonchev–Trinajstić information content (AvgIpc) is 3.03. The van der Waals surface area contributed by atoms with E-state index in [0.717, 1.165) is 13.0 Å². The first-order valence-corrected chi connectivity index (χ1v) is 8.13. The number of hydrogen-bond acceptors (Lipinski definition) is 6. The van der Waals surface area contributed by atoms with Gasteiger partial charge < -0.3 is 21.3 Å². The molecule has 2 aliphatic rings. The Morgan fingerprint density at radius 2 is 1.87 bits per heavy atom. The predicted molar refractivity (Wildman–Crippen MR) is 94.1 cm³/mol. The van der Waals surface area contributed by atoms with Crippen LogP contribution < -0.4 is 11.5 Å². The molecular formula is C17H26N6. The van der Waals surface area contributed by atoms with Crippen molar-refractivity contribution in [3.05, 3.63) is 35.9 Å². The lowest BCUT2D eigenvalue weighted by Crippen LogP contribution is -2.64. The molecule has 0 aliphatic carbocycles. The summed E-state index contributed by atoms with van der Waals surface area (Å²) in [5, 5.41) is 0. The highest BCUT2D eigenvalue weighted by atomic mass is 15.5. The quantitative estimate of drug-likeness (QED) is 0.868. The van der Waals surface area contributed by atoms with Crippen molar-refractivity contribution in [1.29, 1.82) is 0 Å². The van der Waals surface area contributed by atoms with Crippen molar-refractivity contribution >= 4 is 11.9 Å². The molecular weight excluding hydrogens is 288 g/mol. The summed E-state index contributed by atoms with van der Waals surface area (Å²) in [7, 11) is 0. The van der Waals surface area contributed by atoms with Crippen LogP contribution in [-0.2, 0) is 6.42 Å². The van der Waals surface area contributed by atoms with Crippen LogP contribution in [0.15, 0.2) is 40.3 Å². The van der Waals surface area contributed by atoms with Crippen molar-refractivity contribution in [3.8, 4) is 0 Å². The minimum Gasteiger partial charge on any atom is -0.370 e. The second-order valence-electron chi connectivity index (χ2n) is 6.85. The van der Waals surface area contributed by atoms with Crippen LogP contribution in [0.3, 0.4) is 0 Å². The molecule has 0 saturated carbocycles. The van der Waals surface area contributed by atoms with Gasteiger partial charge in [0.25, 0.3) is 0 Å². The van der Waals surface area contributed by atoms with Crippen LogP contribution in [0.25, 0.3) is 0 Å². The van der Waals surface area contributed by atoms with E-state index < -0.39 is 0 Å². The fourth-order valence-corrected chi connectivity index (χ4v) is 3.64. The summed E-state index contributed by atoms with van der Waals surface area (Å²) < 4.78 is 0. The Kier molecular flexibility index (Phi) is 3.92. The summed E-state index contributed by atoms with van der Waals surface area (Å²) in [4.78, 5) is 13.3. The zero-order valence-corrected chi connectivity index (χ0v) is 14.1. The van der Waals surface area contributed by atoms with E-state index in [1.54, 1.807) is 0 Å². The minimum absolute atomic E-state index is 0.211. The van der Waals surface area contributed by atoms with E-state index in [9.17, 15) is 0 Å². The topological polar surface area (TPSA) is 83.2 Å². The average molecular weight is 314 g/mol. The highest BCUT2D eigenvalue weighted by Crippen LogP contribution is 2.29. The molecule has 0 spiro atoms. The van der Waals surface area contributed by atoms with Crippen molar-refractivity contribution in [3.63, 3.8) is 0 Å². The fourth-order valence-electron chi connectivity index (χ4n) is 3.64. The Morgan fingerprint density at radius 1 is 1.17 bits per heavy atom. The van der Waals surface area contributed by atoms with Gasteiger partial charge in [-0.1, -0.05) is 30.3 Å². The van der Waals surface area contributed by atoms with Gasteiger partial charge in [-0.3, -0.25) is 4.99 Å². The molecule has 6 heteroatoms. The molecule has 0 radical (unpaired) electrons. The molecule has 0 amide bonds. The summed E-state index contributed by atoms with van der Waals surface area (Å²) in [6.45, 7) is 7.87. The summed E-state index contributed by atoms with van der Waals surface area (Å²) in [5.41, 5.74) is 13.3. The summed E-state index contributed by atoms with van der Waals surface area (Å²) in [5.74, 6) is 1.17. The SMILES string of the molecule is CC1CN(C(C)(C)N2C(N)=NCC2Cc2ccccc2)C(N)=N1. The maximum Gasteiger partial charge on any atom is 0.193 e. The Morgan fingerprint density at radius 3 is 2.48 bits per heavy atom. The van der Waals surface area contributed by atoms with Gasteiger partial charge in [0.2, 0.25) is 0 Å². The first-order chi connectivity index (χ1) is 10.9. The van der Waals surface area contributed by atoms with Crippen LogP contribution in [0.4, 0.5) is 0 Å². The Bertz CT molecular complexity index is 621. The van der Waals surface area contributed by atoms with E-state index in [-0.39, 0.29) is 17.7 Å². The molecule has 1 aromatic rings. The van der Waals surface area contributed by atoms with Crippen molar-refractivity contribution in [2.24, 2.45) is 21.5 Å². The fraction of sp³-hybridized carbons (Fsp3) is 0.529. The normalized spacial score (nSPS) is 24.8. The van der Waals surface area contributed by atoms with Crippen molar-refractivity contribution in [1.82, 2.24) is 9.80 Å². The lowest BCUT2D eigenvalue weighted by atomic mass is 10.0. The van der Waals surface area contributed by atoms with Crippen LogP contribution in [-0.4, -0.2) is 52.6 Å². The van der Waals surface area contributed by atoms with Gasteiger partial charge in [0.1, 0.15) is 5.66 Å².